The van der Waals surface area contributed by atoms with Crippen molar-refractivity contribution in [1.82, 2.24) is 10.1 Å². The van der Waals surface area contributed by atoms with Gasteiger partial charge in [0.2, 0.25) is 11.7 Å². The molecule has 106 valence electrons. The maximum absolute atomic E-state index is 13.0. The molecule has 0 aliphatic heterocycles. The van der Waals surface area contributed by atoms with Crippen LogP contribution in [0.4, 0.5) is 4.39 Å². The van der Waals surface area contributed by atoms with Crippen molar-refractivity contribution in [2.24, 2.45) is 5.92 Å². The minimum Gasteiger partial charge on any atom is -0.338 e. The first-order chi connectivity index (χ1) is 9.40. The fourth-order valence-electron chi connectivity index (χ4n) is 2.07. The standard InChI is InChI=1S/C14H14ClFN2O2/c1-7(2)12(8(3)19)14-17-13(18-20-14)10-5-4-9(16)6-11(10)15/h4-7,12H,1-3H3. The maximum Gasteiger partial charge on any atom is 0.237 e. The second kappa shape index (κ2) is 5.71. The van der Waals surface area contributed by atoms with Crippen LogP contribution < -0.4 is 0 Å². The van der Waals surface area contributed by atoms with Crippen LogP contribution in [0, 0.1) is 11.7 Å². The van der Waals surface area contributed by atoms with Crippen LogP contribution in [0.1, 0.15) is 32.6 Å². The fourth-order valence-corrected chi connectivity index (χ4v) is 2.32. The lowest BCUT2D eigenvalue weighted by atomic mass is 9.92. The molecule has 0 saturated carbocycles. The van der Waals surface area contributed by atoms with Crippen LogP contribution in [0.3, 0.4) is 0 Å². The Morgan fingerprint density at radius 3 is 2.65 bits per heavy atom. The molecular weight excluding hydrogens is 283 g/mol. The number of rotatable bonds is 4. The van der Waals surface area contributed by atoms with Crippen LogP contribution in [0.25, 0.3) is 11.4 Å². The van der Waals surface area contributed by atoms with Crippen molar-refractivity contribution in [1.29, 1.82) is 0 Å². The Morgan fingerprint density at radius 2 is 2.10 bits per heavy atom. The van der Waals surface area contributed by atoms with Gasteiger partial charge in [0.25, 0.3) is 0 Å². The van der Waals surface area contributed by atoms with Crippen LogP contribution in [0.2, 0.25) is 5.02 Å². The summed E-state index contributed by atoms with van der Waals surface area (Å²) in [4.78, 5) is 15.8. The molecule has 2 rings (SSSR count). The summed E-state index contributed by atoms with van der Waals surface area (Å²) in [7, 11) is 0. The van der Waals surface area contributed by atoms with Gasteiger partial charge in [-0.05, 0) is 31.0 Å². The lowest BCUT2D eigenvalue weighted by Gasteiger charge is -2.12. The van der Waals surface area contributed by atoms with E-state index >= 15 is 0 Å². The number of carbonyl (C=O) groups is 1. The monoisotopic (exact) mass is 296 g/mol. The third kappa shape index (κ3) is 2.88. The summed E-state index contributed by atoms with van der Waals surface area (Å²) in [6.07, 6.45) is 0. The molecule has 0 radical (unpaired) electrons. The SMILES string of the molecule is CC(=O)C(c1nc(-c2ccc(F)cc2Cl)no1)C(C)C. The van der Waals surface area contributed by atoms with Crippen molar-refractivity contribution in [3.05, 3.63) is 34.9 Å². The highest BCUT2D eigenvalue weighted by Gasteiger charge is 2.27. The molecule has 0 bridgehead atoms. The van der Waals surface area contributed by atoms with Gasteiger partial charge in [0.15, 0.2) is 0 Å². The smallest absolute Gasteiger partial charge is 0.237 e. The Morgan fingerprint density at radius 1 is 1.40 bits per heavy atom. The number of benzene rings is 1. The molecule has 1 aromatic carbocycles. The number of nitrogens with zero attached hydrogens (tertiary/aromatic N) is 2. The van der Waals surface area contributed by atoms with Crippen LogP contribution in [0.15, 0.2) is 22.7 Å². The minimum atomic E-state index is -0.449. The largest absolute Gasteiger partial charge is 0.338 e. The molecule has 0 aliphatic carbocycles. The van der Waals surface area contributed by atoms with E-state index in [-0.39, 0.29) is 28.4 Å². The highest BCUT2D eigenvalue weighted by Crippen LogP contribution is 2.29. The predicted molar refractivity (Wildman–Crippen MR) is 73.0 cm³/mol. The summed E-state index contributed by atoms with van der Waals surface area (Å²) in [5.74, 6) is -0.383. The maximum atomic E-state index is 13.0. The van der Waals surface area contributed by atoms with Crippen LogP contribution in [-0.2, 0) is 4.79 Å². The predicted octanol–water partition coefficient (Wildman–Crippen LogP) is 3.86. The third-order valence-corrected chi connectivity index (χ3v) is 3.30. The molecule has 1 aromatic heterocycles. The van der Waals surface area contributed by atoms with E-state index in [0.717, 1.165) is 0 Å². The molecule has 0 spiro atoms. The number of aromatic nitrogens is 2. The lowest BCUT2D eigenvalue weighted by Crippen LogP contribution is -2.15. The summed E-state index contributed by atoms with van der Waals surface area (Å²) in [6.45, 7) is 5.29. The molecule has 1 unspecified atom stereocenters. The van der Waals surface area contributed by atoms with Gasteiger partial charge in [0.1, 0.15) is 11.6 Å². The lowest BCUT2D eigenvalue weighted by molar-refractivity contribution is -0.119. The summed E-state index contributed by atoms with van der Waals surface area (Å²) >= 11 is 5.95. The average molecular weight is 297 g/mol. The van der Waals surface area contributed by atoms with E-state index in [9.17, 15) is 9.18 Å². The van der Waals surface area contributed by atoms with Gasteiger partial charge in [0.05, 0.1) is 10.9 Å². The van der Waals surface area contributed by atoms with Crippen LogP contribution in [0.5, 0.6) is 0 Å². The van der Waals surface area contributed by atoms with Gasteiger partial charge in [-0.15, -0.1) is 0 Å². The van der Waals surface area contributed by atoms with Gasteiger partial charge in [-0.2, -0.15) is 4.98 Å². The van der Waals surface area contributed by atoms with Crippen molar-refractivity contribution in [3.8, 4) is 11.4 Å². The van der Waals surface area contributed by atoms with Gasteiger partial charge in [-0.3, -0.25) is 4.79 Å². The first-order valence-corrected chi connectivity index (χ1v) is 6.57. The quantitative estimate of drug-likeness (QED) is 0.859. The van der Waals surface area contributed by atoms with Crippen molar-refractivity contribution in [2.45, 2.75) is 26.7 Å². The first-order valence-electron chi connectivity index (χ1n) is 6.19. The van der Waals surface area contributed by atoms with E-state index in [2.05, 4.69) is 10.1 Å². The summed E-state index contributed by atoms with van der Waals surface area (Å²) < 4.78 is 18.2. The van der Waals surface area contributed by atoms with Crippen molar-refractivity contribution < 1.29 is 13.7 Å². The molecule has 0 aliphatic rings. The van der Waals surface area contributed by atoms with E-state index < -0.39 is 11.7 Å². The highest BCUT2D eigenvalue weighted by atomic mass is 35.5. The van der Waals surface area contributed by atoms with Gasteiger partial charge in [-0.25, -0.2) is 4.39 Å². The third-order valence-electron chi connectivity index (χ3n) is 2.98. The average Bonchev–Trinajstić information content (AvgIpc) is 2.76. The summed E-state index contributed by atoms with van der Waals surface area (Å²) in [6, 6.07) is 3.92. The number of hydrogen-bond acceptors (Lipinski definition) is 4. The van der Waals surface area contributed by atoms with Gasteiger partial charge in [0, 0.05) is 5.56 Å². The van der Waals surface area contributed by atoms with Gasteiger partial charge < -0.3 is 4.52 Å². The number of Topliss-reactive ketones (excluding diaryl/α,β-unsaturated/α-hetero) is 1. The second-order valence-electron chi connectivity index (χ2n) is 4.91. The molecule has 0 saturated heterocycles. The van der Waals surface area contributed by atoms with Gasteiger partial charge in [-0.1, -0.05) is 30.6 Å². The first kappa shape index (κ1) is 14.7. The zero-order chi connectivity index (χ0) is 14.9. The van der Waals surface area contributed by atoms with E-state index in [4.69, 9.17) is 16.1 Å². The zero-order valence-electron chi connectivity index (χ0n) is 11.4. The summed E-state index contributed by atoms with van der Waals surface area (Å²) in [5, 5.41) is 4.01. The number of carbonyl (C=O) groups excluding carboxylic acids is 1. The Kier molecular flexibility index (Phi) is 4.18. The molecule has 6 heteroatoms. The van der Waals surface area contributed by atoms with Crippen LogP contribution >= 0.6 is 11.6 Å². The molecule has 0 fully saturated rings. The Hall–Kier alpha value is -1.75. The molecule has 2 aromatic rings. The summed E-state index contributed by atoms with van der Waals surface area (Å²) in [5.41, 5.74) is 0.467. The zero-order valence-corrected chi connectivity index (χ0v) is 12.1. The highest BCUT2D eigenvalue weighted by molar-refractivity contribution is 6.33. The van der Waals surface area contributed by atoms with E-state index in [0.29, 0.717) is 5.56 Å². The number of hydrogen-bond donors (Lipinski definition) is 0. The van der Waals surface area contributed by atoms with Crippen LogP contribution in [-0.4, -0.2) is 15.9 Å². The van der Waals surface area contributed by atoms with E-state index in [1.165, 1.54) is 25.1 Å². The molecule has 1 heterocycles. The Labute approximate surface area is 120 Å². The second-order valence-corrected chi connectivity index (χ2v) is 5.32. The molecule has 1 atom stereocenters. The van der Waals surface area contributed by atoms with Crippen molar-refractivity contribution in [2.75, 3.05) is 0 Å². The Balaban J connectivity index is 2.40. The molecule has 4 nitrogen and oxygen atoms in total. The van der Waals surface area contributed by atoms with Crippen molar-refractivity contribution >= 4 is 17.4 Å². The normalized spacial score (nSPS) is 12.7. The number of halogens is 2. The van der Waals surface area contributed by atoms with E-state index in [1.54, 1.807) is 0 Å². The fraction of sp³-hybridized carbons (Fsp3) is 0.357. The van der Waals surface area contributed by atoms with Gasteiger partial charge >= 0.3 is 0 Å². The molecule has 20 heavy (non-hydrogen) atoms. The Bertz CT molecular complexity index is 640. The van der Waals surface area contributed by atoms with E-state index in [1.807, 2.05) is 13.8 Å². The molecule has 0 N–H and O–H groups in total. The minimum absolute atomic E-state index is 0.0413. The van der Waals surface area contributed by atoms with Crippen molar-refractivity contribution in [3.63, 3.8) is 0 Å². The topological polar surface area (TPSA) is 56.0 Å². The molecular formula is C14H14ClFN2O2. The molecule has 0 amide bonds. The number of ketones is 1.